The molecule has 122 valence electrons. The van der Waals surface area contributed by atoms with Crippen LogP contribution in [-0.2, 0) is 6.42 Å². The minimum absolute atomic E-state index is 0.00170. The SMILES string of the molecule is COc1cc(OC)c(OC)c(O)c1CCC(=O)c1ccccc1. The molecule has 0 saturated heterocycles. The molecule has 0 aliphatic rings. The summed E-state index contributed by atoms with van der Waals surface area (Å²) in [5, 5.41) is 10.4. The number of aromatic hydroxyl groups is 1. The van der Waals surface area contributed by atoms with Crippen LogP contribution in [-0.4, -0.2) is 32.2 Å². The Morgan fingerprint density at radius 3 is 2.22 bits per heavy atom. The first-order valence-electron chi connectivity index (χ1n) is 7.21. The minimum Gasteiger partial charge on any atom is -0.504 e. The molecule has 0 unspecified atom stereocenters. The highest BCUT2D eigenvalue weighted by atomic mass is 16.5. The van der Waals surface area contributed by atoms with Gasteiger partial charge in [-0.2, -0.15) is 0 Å². The second kappa shape index (κ2) is 7.54. The average molecular weight is 316 g/mol. The fraction of sp³-hybridized carbons (Fsp3) is 0.278. The van der Waals surface area contributed by atoms with E-state index in [2.05, 4.69) is 0 Å². The number of Topliss-reactive ketones (excluding diaryl/α,β-unsaturated/α-hetero) is 1. The van der Waals surface area contributed by atoms with E-state index in [0.29, 0.717) is 29.0 Å². The Kier molecular flexibility index (Phi) is 5.46. The molecule has 0 spiro atoms. The molecule has 0 bridgehead atoms. The highest BCUT2D eigenvalue weighted by Gasteiger charge is 2.20. The Hall–Kier alpha value is -2.69. The Bertz CT molecular complexity index is 680. The summed E-state index contributed by atoms with van der Waals surface area (Å²) in [6.07, 6.45) is 0.590. The van der Waals surface area contributed by atoms with E-state index >= 15 is 0 Å². The number of benzene rings is 2. The van der Waals surface area contributed by atoms with Gasteiger partial charge in [0.15, 0.2) is 17.3 Å². The Balaban J connectivity index is 2.27. The molecule has 2 aromatic rings. The molecular weight excluding hydrogens is 296 g/mol. The van der Waals surface area contributed by atoms with E-state index in [4.69, 9.17) is 14.2 Å². The van der Waals surface area contributed by atoms with E-state index in [9.17, 15) is 9.90 Å². The van der Waals surface area contributed by atoms with Crippen molar-refractivity contribution in [1.82, 2.24) is 0 Å². The van der Waals surface area contributed by atoms with Crippen molar-refractivity contribution < 1.29 is 24.1 Å². The van der Waals surface area contributed by atoms with Gasteiger partial charge < -0.3 is 19.3 Å². The van der Waals surface area contributed by atoms with Crippen molar-refractivity contribution in [3.8, 4) is 23.0 Å². The van der Waals surface area contributed by atoms with E-state index in [1.165, 1.54) is 21.3 Å². The zero-order chi connectivity index (χ0) is 16.8. The molecule has 0 fully saturated rings. The standard InChI is InChI=1S/C18H20O5/c1-21-15-11-16(22-2)18(23-3)17(20)13(15)9-10-14(19)12-7-5-4-6-8-12/h4-8,11,20H,9-10H2,1-3H3. The van der Waals surface area contributed by atoms with Gasteiger partial charge in [-0.3, -0.25) is 4.79 Å². The second-order valence-corrected chi connectivity index (χ2v) is 4.93. The summed E-state index contributed by atoms with van der Waals surface area (Å²) in [4.78, 5) is 12.2. The Morgan fingerprint density at radius 1 is 1.00 bits per heavy atom. The van der Waals surface area contributed by atoms with Crippen molar-refractivity contribution >= 4 is 5.78 Å². The number of phenolic OH excluding ortho intramolecular Hbond substituents is 1. The van der Waals surface area contributed by atoms with Crippen LogP contribution in [0, 0.1) is 0 Å². The lowest BCUT2D eigenvalue weighted by molar-refractivity contribution is 0.0982. The van der Waals surface area contributed by atoms with Crippen molar-refractivity contribution in [2.24, 2.45) is 0 Å². The Labute approximate surface area is 135 Å². The average Bonchev–Trinajstić information content (AvgIpc) is 2.60. The van der Waals surface area contributed by atoms with Crippen LogP contribution < -0.4 is 14.2 Å². The first kappa shape index (κ1) is 16.7. The summed E-state index contributed by atoms with van der Waals surface area (Å²) in [6.45, 7) is 0. The molecule has 0 radical (unpaired) electrons. The van der Waals surface area contributed by atoms with Crippen molar-refractivity contribution in [1.29, 1.82) is 0 Å². The van der Waals surface area contributed by atoms with Crippen molar-refractivity contribution in [2.45, 2.75) is 12.8 Å². The lowest BCUT2D eigenvalue weighted by Gasteiger charge is -2.16. The summed E-state index contributed by atoms with van der Waals surface area (Å²) in [5.74, 6) is 1.00. The van der Waals surface area contributed by atoms with Crippen LogP contribution in [0.5, 0.6) is 23.0 Å². The lowest BCUT2D eigenvalue weighted by Crippen LogP contribution is -2.03. The summed E-state index contributed by atoms with van der Waals surface area (Å²) in [5.41, 5.74) is 1.17. The number of carbonyl (C=O) groups excluding carboxylic acids is 1. The molecule has 0 atom stereocenters. The number of rotatable bonds is 7. The minimum atomic E-state index is -0.0652. The highest BCUT2D eigenvalue weighted by molar-refractivity contribution is 5.96. The van der Waals surface area contributed by atoms with E-state index in [-0.39, 0.29) is 23.7 Å². The molecule has 5 nitrogen and oxygen atoms in total. The molecule has 2 rings (SSSR count). The van der Waals surface area contributed by atoms with Gasteiger partial charge in [-0.15, -0.1) is 0 Å². The van der Waals surface area contributed by atoms with Gasteiger partial charge in [-0.1, -0.05) is 30.3 Å². The van der Waals surface area contributed by atoms with Gasteiger partial charge in [-0.05, 0) is 6.42 Å². The number of hydrogen-bond donors (Lipinski definition) is 1. The zero-order valence-corrected chi connectivity index (χ0v) is 13.5. The van der Waals surface area contributed by atoms with Gasteiger partial charge in [-0.25, -0.2) is 0 Å². The second-order valence-electron chi connectivity index (χ2n) is 4.93. The van der Waals surface area contributed by atoms with Gasteiger partial charge in [0, 0.05) is 23.6 Å². The molecule has 0 saturated carbocycles. The van der Waals surface area contributed by atoms with Crippen LogP contribution in [0.4, 0.5) is 0 Å². The van der Waals surface area contributed by atoms with Gasteiger partial charge in [0.25, 0.3) is 0 Å². The quantitative estimate of drug-likeness (QED) is 0.794. The summed E-state index contributed by atoms with van der Waals surface area (Å²) < 4.78 is 15.7. The first-order valence-corrected chi connectivity index (χ1v) is 7.21. The fourth-order valence-corrected chi connectivity index (χ4v) is 2.42. The third-order valence-corrected chi connectivity index (χ3v) is 3.63. The molecule has 0 amide bonds. The topological polar surface area (TPSA) is 65.0 Å². The predicted molar refractivity (Wildman–Crippen MR) is 86.9 cm³/mol. The van der Waals surface area contributed by atoms with Gasteiger partial charge in [0.1, 0.15) is 5.75 Å². The maximum absolute atomic E-state index is 12.2. The van der Waals surface area contributed by atoms with Crippen molar-refractivity contribution in [3.63, 3.8) is 0 Å². The molecule has 0 aromatic heterocycles. The molecule has 5 heteroatoms. The number of carbonyl (C=O) groups is 1. The maximum atomic E-state index is 12.2. The molecule has 23 heavy (non-hydrogen) atoms. The van der Waals surface area contributed by atoms with Crippen molar-refractivity contribution in [2.75, 3.05) is 21.3 Å². The van der Waals surface area contributed by atoms with Crippen LogP contribution in [0.3, 0.4) is 0 Å². The lowest BCUT2D eigenvalue weighted by atomic mass is 10.0. The van der Waals surface area contributed by atoms with E-state index in [1.54, 1.807) is 18.2 Å². The highest BCUT2D eigenvalue weighted by Crippen LogP contribution is 2.44. The number of ether oxygens (including phenoxy) is 3. The largest absolute Gasteiger partial charge is 0.504 e. The summed E-state index contributed by atoms with van der Waals surface area (Å²) in [7, 11) is 4.43. The zero-order valence-electron chi connectivity index (χ0n) is 13.5. The molecule has 0 aliphatic carbocycles. The molecule has 2 aromatic carbocycles. The third-order valence-electron chi connectivity index (χ3n) is 3.63. The molecule has 1 N–H and O–H groups in total. The number of ketones is 1. The molecule has 0 aliphatic heterocycles. The van der Waals surface area contributed by atoms with E-state index in [0.717, 1.165) is 0 Å². The van der Waals surface area contributed by atoms with Crippen LogP contribution >= 0.6 is 0 Å². The number of phenols is 1. The predicted octanol–water partition coefficient (Wildman–Crippen LogP) is 3.23. The summed E-state index contributed by atoms with van der Waals surface area (Å²) in [6, 6.07) is 10.7. The van der Waals surface area contributed by atoms with Crippen molar-refractivity contribution in [3.05, 3.63) is 47.5 Å². The third kappa shape index (κ3) is 3.56. The van der Waals surface area contributed by atoms with E-state index in [1.807, 2.05) is 18.2 Å². The van der Waals surface area contributed by atoms with Gasteiger partial charge in [0.05, 0.1) is 21.3 Å². The van der Waals surface area contributed by atoms with Crippen LogP contribution in [0.15, 0.2) is 36.4 Å². The Morgan fingerprint density at radius 2 is 1.65 bits per heavy atom. The summed E-state index contributed by atoms with van der Waals surface area (Å²) >= 11 is 0. The molecular formula is C18H20O5. The van der Waals surface area contributed by atoms with Crippen LogP contribution in [0.2, 0.25) is 0 Å². The van der Waals surface area contributed by atoms with Gasteiger partial charge >= 0.3 is 0 Å². The maximum Gasteiger partial charge on any atom is 0.203 e. The first-order chi connectivity index (χ1) is 11.1. The number of methoxy groups -OCH3 is 3. The monoisotopic (exact) mass is 316 g/mol. The number of hydrogen-bond acceptors (Lipinski definition) is 5. The van der Waals surface area contributed by atoms with Crippen LogP contribution in [0.1, 0.15) is 22.3 Å². The molecule has 0 heterocycles. The fourth-order valence-electron chi connectivity index (χ4n) is 2.42. The van der Waals surface area contributed by atoms with E-state index < -0.39 is 0 Å². The van der Waals surface area contributed by atoms with Gasteiger partial charge in [0.2, 0.25) is 5.75 Å². The normalized spacial score (nSPS) is 10.2. The van der Waals surface area contributed by atoms with Crippen LogP contribution in [0.25, 0.3) is 0 Å². The smallest absolute Gasteiger partial charge is 0.203 e.